The minimum absolute atomic E-state index is 0.00478. The third-order valence-corrected chi connectivity index (χ3v) is 3.31. The molecule has 19 heavy (non-hydrogen) atoms. The van der Waals surface area contributed by atoms with E-state index in [4.69, 9.17) is 5.73 Å². The molecule has 1 aromatic heterocycles. The van der Waals surface area contributed by atoms with E-state index in [9.17, 15) is 4.79 Å². The highest BCUT2D eigenvalue weighted by Gasteiger charge is 2.19. The van der Waals surface area contributed by atoms with Crippen molar-refractivity contribution in [1.82, 2.24) is 4.57 Å². The van der Waals surface area contributed by atoms with E-state index in [0.29, 0.717) is 5.56 Å². The van der Waals surface area contributed by atoms with Gasteiger partial charge in [-0.25, -0.2) is 0 Å². The summed E-state index contributed by atoms with van der Waals surface area (Å²) in [5.74, 6) is 0. The zero-order valence-electron chi connectivity index (χ0n) is 11.9. The summed E-state index contributed by atoms with van der Waals surface area (Å²) in [6.07, 6.45) is 1.86. The Balaban J connectivity index is 2.72. The van der Waals surface area contributed by atoms with Gasteiger partial charge in [-0.3, -0.25) is 4.79 Å². The maximum absolute atomic E-state index is 12.1. The van der Waals surface area contributed by atoms with Crippen LogP contribution in [-0.4, -0.2) is 4.57 Å². The summed E-state index contributed by atoms with van der Waals surface area (Å²) in [5, 5.41) is 0. The predicted molar refractivity (Wildman–Crippen MR) is 78.7 cm³/mol. The van der Waals surface area contributed by atoms with Gasteiger partial charge < -0.3 is 10.3 Å². The molecule has 2 N–H and O–H groups in total. The lowest BCUT2D eigenvalue weighted by atomic mass is 9.96. The zero-order valence-corrected chi connectivity index (χ0v) is 11.9. The minimum atomic E-state index is -0.644. The van der Waals surface area contributed by atoms with Gasteiger partial charge in [0.2, 0.25) is 0 Å². The van der Waals surface area contributed by atoms with Crippen molar-refractivity contribution in [1.29, 1.82) is 0 Å². The Kier molecular flexibility index (Phi) is 3.33. The maximum atomic E-state index is 12.1. The first-order chi connectivity index (χ1) is 8.80. The second-order valence-electron chi connectivity index (χ2n) is 5.57. The number of nitrogens with zero attached hydrogens (tertiary/aromatic N) is 1. The number of rotatable bonds is 2. The van der Waals surface area contributed by atoms with Gasteiger partial charge in [-0.2, -0.15) is 0 Å². The van der Waals surface area contributed by atoms with Crippen molar-refractivity contribution in [2.24, 2.45) is 5.73 Å². The average molecular weight is 256 g/mol. The third kappa shape index (κ3) is 2.61. The molecular weight excluding hydrogens is 236 g/mol. The quantitative estimate of drug-likeness (QED) is 0.898. The highest BCUT2D eigenvalue weighted by molar-refractivity contribution is 5.42. The largest absolute Gasteiger partial charge is 0.322 e. The first-order valence-electron chi connectivity index (χ1n) is 6.39. The first kappa shape index (κ1) is 13.6. The van der Waals surface area contributed by atoms with Crippen LogP contribution in [-0.2, 0) is 5.54 Å². The fourth-order valence-corrected chi connectivity index (χ4v) is 2.21. The number of hydrogen-bond donors (Lipinski definition) is 1. The van der Waals surface area contributed by atoms with Gasteiger partial charge in [-0.1, -0.05) is 18.2 Å². The zero-order chi connectivity index (χ0) is 14.2. The standard InChI is InChI=1S/C16H20N2O/c1-11-7-5-6-8-14(11)18-10-13(16(3,4)17)15(19)9-12(18)2/h5-10H,17H2,1-4H3. The molecule has 3 heteroatoms. The van der Waals surface area contributed by atoms with Crippen molar-refractivity contribution >= 4 is 0 Å². The molecular formula is C16H20N2O. The molecule has 0 unspecified atom stereocenters. The Hall–Kier alpha value is -1.87. The molecule has 0 aliphatic carbocycles. The van der Waals surface area contributed by atoms with E-state index in [1.807, 2.05) is 49.7 Å². The Morgan fingerprint density at radius 3 is 2.37 bits per heavy atom. The van der Waals surface area contributed by atoms with Gasteiger partial charge in [0.1, 0.15) is 0 Å². The molecule has 0 fully saturated rings. The summed E-state index contributed by atoms with van der Waals surface area (Å²) in [5.41, 5.74) is 9.20. The number of aryl methyl sites for hydroxylation is 2. The normalized spacial score (nSPS) is 11.6. The number of hydrogen-bond acceptors (Lipinski definition) is 2. The maximum Gasteiger partial charge on any atom is 0.186 e. The molecule has 0 aliphatic heterocycles. The van der Waals surface area contributed by atoms with Gasteiger partial charge in [-0.05, 0) is 39.3 Å². The fraction of sp³-hybridized carbons (Fsp3) is 0.312. The van der Waals surface area contributed by atoms with Crippen molar-refractivity contribution in [2.75, 3.05) is 0 Å². The van der Waals surface area contributed by atoms with Gasteiger partial charge in [0.15, 0.2) is 5.43 Å². The number of para-hydroxylation sites is 1. The van der Waals surface area contributed by atoms with Crippen LogP contribution < -0.4 is 11.2 Å². The lowest BCUT2D eigenvalue weighted by molar-refractivity contribution is 0.544. The highest BCUT2D eigenvalue weighted by atomic mass is 16.1. The van der Waals surface area contributed by atoms with Gasteiger partial charge in [0.05, 0.1) is 0 Å². The number of benzene rings is 1. The van der Waals surface area contributed by atoms with Crippen molar-refractivity contribution < 1.29 is 0 Å². The van der Waals surface area contributed by atoms with Crippen LogP contribution in [0.5, 0.6) is 0 Å². The molecule has 0 amide bonds. The van der Waals surface area contributed by atoms with Crippen molar-refractivity contribution in [2.45, 2.75) is 33.2 Å². The molecule has 0 atom stereocenters. The van der Waals surface area contributed by atoms with Gasteiger partial charge >= 0.3 is 0 Å². The van der Waals surface area contributed by atoms with E-state index < -0.39 is 5.54 Å². The molecule has 0 radical (unpaired) electrons. The molecule has 100 valence electrons. The van der Waals surface area contributed by atoms with Crippen LogP contribution in [0, 0.1) is 13.8 Å². The monoisotopic (exact) mass is 256 g/mol. The van der Waals surface area contributed by atoms with Crippen LogP contribution in [0.15, 0.2) is 41.3 Å². The number of aromatic nitrogens is 1. The van der Waals surface area contributed by atoms with Crippen molar-refractivity contribution in [3.05, 3.63) is 63.6 Å². The number of pyridine rings is 1. The Morgan fingerprint density at radius 2 is 1.79 bits per heavy atom. The van der Waals surface area contributed by atoms with Crippen LogP contribution in [0.25, 0.3) is 5.69 Å². The van der Waals surface area contributed by atoms with Crippen LogP contribution in [0.1, 0.15) is 30.7 Å². The molecule has 1 heterocycles. The molecule has 2 aromatic rings. The van der Waals surface area contributed by atoms with Gasteiger partial charge in [-0.15, -0.1) is 0 Å². The predicted octanol–water partition coefficient (Wildman–Crippen LogP) is 2.65. The topological polar surface area (TPSA) is 48.0 Å². The molecule has 0 saturated heterocycles. The van der Waals surface area contributed by atoms with E-state index in [0.717, 1.165) is 16.9 Å². The van der Waals surface area contributed by atoms with Crippen LogP contribution in [0.2, 0.25) is 0 Å². The van der Waals surface area contributed by atoms with Gasteiger partial charge in [0.25, 0.3) is 0 Å². The van der Waals surface area contributed by atoms with E-state index in [1.165, 1.54) is 0 Å². The smallest absolute Gasteiger partial charge is 0.186 e. The van der Waals surface area contributed by atoms with E-state index in [1.54, 1.807) is 6.07 Å². The first-order valence-corrected chi connectivity index (χ1v) is 6.39. The fourth-order valence-electron chi connectivity index (χ4n) is 2.21. The second-order valence-corrected chi connectivity index (χ2v) is 5.57. The van der Waals surface area contributed by atoms with Crippen molar-refractivity contribution in [3.8, 4) is 5.69 Å². The summed E-state index contributed by atoms with van der Waals surface area (Å²) < 4.78 is 2.03. The third-order valence-electron chi connectivity index (χ3n) is 3.31. The summed E-state index contributed by atoms with van der Waals surface area (Å²) in [6.45, 7) is 7.68. The van der Waals surface area contributed by atoms with Crippen molar-refractivity contribution in [3.63, 3.8) is 0 Å². The summed E-state index contributed by atoms with van der Waals surface area (Å²) in [4.78, 5) is 12.1. The van der Waals surface area contributed by atoms with Gasteiger partial charge in [0, 0.05) is 34.7 Å². The Labute approximate surface area is 113 Å². The molecule has 0 aliphatic rings. The highest BCUT2D eigenvalue weighted by Crippen LogP contribution is 2.19. The van der Waals surface area contributed by atoms with E-state index >= 15 is 0 Å². The minimum Gasteiger partial charge on any atom is -0.322 e. The van der Waals surface area contributed by atoms with Crippen LogP contribution >= 0.6 is 0 Å². The molecule has 3 nitrogen and oxygen atoms in total. The number of nitrogens with two attached hydrogens (primary N) is 1. The van der Waals surface area contributed by atoms with E-state index in [-0.39, 0.29) is 5.43 Å². The van der Waals surface area contributed by atoms with E-state index in [2.05, 4.69) is 13.0 Å². The molecule has 0 saturated carbocycles. The lowest BCUT2D eigenvalue weighted by Crippen LogP contribution is -2.35. The molecule has 2 rings (SSSR count). The molecule has 1 aromatic carbocycles. The Morgan fingerprint density at radius 1 is 1.16 bits per heavy atom. The molecule has 0 bridgehead atoms. The lowest BCUT2D eigenvalue weighted by Gasteiger charge is -2.22. The summed E-state index contributed by atoms with van der Waals surface area (Å²) >= 11 is 0. The average Bonchev–Trinajstić information content (AvgIpc) is 2.29. The second kappa shape index (κ2) is 4.67. The summed E-state index contributed by atoms with van der Waals surface area (Å²) in [6, 6.07) is 9.74. The molecule has 0 spiro atoms. The van der Waals surface area contributed by atoms with Crippen LogP contribution in [0.4, 0.5) is 0 Å². The Bertz CT molecular complexity index is 663. The SMILES string of the molecule is Cc1ccccc1-n1cc(C(C)(C)N)c(=O)cc1C. The van der Waals surface area contributed by atoms with Crippen LogP contribution in [0.3, 0.4) is 0 Å². The summed E-state index contributed by atoms with van der Waals surface area (Å²) in [7, 11) is 0.